The summed E-state index contributed by atoms with van der Waals surface area (Å²) in [6, 6.07) is 7.59. The number of benzene rings is 2. The second-order valence-electron chi connectivity index (χ2n) is 5.80. The summed E-state index contributed by atoms with van der Waals surface area (Å²) in [6.45, 7) is 3.08. The van der Waals surface area contributed by atoms with Gasteiger partial charge in [-0.15, -0.1) is 0 Å². The first kappa shape index (κ1) is 19.9. The number of ether oxygens (including phenoxy) is 3. The highest BCUT2D eigenvalue weighted by atomic mass is 16.6. The Balaban J connectivity index is 2.26. The Morgan fingerprint density at radius 1 is 1.00 bits per heavy atom. The van der Waals surface area contributed by atoms with Gasteiger partial charge in [-0.1, -0.05) is 17.7 Å². The number of methoxy groups -OCH3 is 2. The summed E-state index contributed by atoms with van der Waals surface area (Å²) in [5.41, 5.74) is 1.25. The number of nitrogens with zero attached hydrogens (tertiary/aromatic N) is 1. The van der Waals surface area contributed by atoms with Crippen molar-refractivity contribution in [3.63, 3.8) is 0 Å². The lowest BCUT2D eigenvalue weighted by Crippen LogP contribution is -2.16. The third kappa shape index (κ3) is 4.41. The van der Waals surface area contributed by atoms with Crippen molar-refractivity contribution >= 4 is 17.4 Å². The Kier molecular flexibility index (Phi) is 6.12. The van der Waals surface area contributed by atoms with Crippen LogP contribution in [0.25, 0.3) is 0 Å². The second-order valence-corrected chi connectivity index (χ2v) is 5.80. The van der Waals surface area contributed by atoms with Gasteiger partial charge in [-0.3, -0.25) is 14.9 Å². The number of hydrogen-bond acceptors (Lipinski definition) is 7. The summed E-state index contributed by atoms with van der Waals surface area (Å²) in [4.78, 5) is 35.2. The van der Waals surface area contributed by atoms with E-state index in [0.717, 1.165) is 23.3 Å². The van der Waals surface area contributed by atoms with Crippen LogP contribution < -0.4 is 9.47 Å². The molecule has 0 aliphatic carbocycles. The van der Waals surface area contributed by atoms with Crippen molar-refractivity contribution < 1.29 is 28.7 Å². The molecular weight excluding hydrogens is 354 g/mol. The van der Waals surface area contributed by atoms with Crippen molar-refractivity contribution in [1.29, 1.82) is 0 Å². The smallest absolute Gasteiger partial charge is 0.345 e. The van der Waals surface area contributed by atoms with E-state index in [1.54, 1.807) is 19.1 Å². The Hall–Kier alpha value is -3.42. The molecule has 2 aromatic rings. The average Bonchev–Trinajstić information content (AvgIpc) is 2.66. The minimum atomic E-state index is -0.999. The highest BCUT2D eigenvalue weighted by molar-refractivity contribution is 6.01. The van der Waals surface area contributed by atoms with E-state index in [1.165, 1.54) is 14.2 Å². The normalized spacial score (nSPS) is 10.2. The number of Topliss-reactive ketones (excluding diaryl/α,β-unsaturated/α-hetero) is 1. The zero-order chi connectivity index (χ0) is 20.1. The molecule has 0 aliphatic heterocycles. The fourth-order valence-corrected chi connectivity index (χ4v) is 2.51. The van der Waals surface area contributed by atoms with Crippen molar-refractivity contribution in [2.24, 2.45) is 0 Å². The van der Waals surface area contributed by atoms with Crippen LogP contribution in [-0.4, -0.2) is 37.5 Å². The maximum Gasteiger partial charge on any atom is 0.345 e. The Morgan fingerprint density at radius 2 is 1.63 bits per heavy atom. The van der Waals surface area contributed by atoms with Crippen molar-refractivity contribution in [3.05, 3.63) is 62.7 Å². The maximum absolute atomic E-state index is 12.4. The van der Waals surface area contributed by atoms with Gasteiger partial charge in [0.2, 0.25) is 5.78 Å². The summed E-state index contributed by atoms with van der Waals surface area (Å²) in [7, 11) is 2.66. The van der Waals surface area contributed by atoms with Gasteiger partial charge in [-0.25, -0.2) is 4.79 Å². The lowest BCUT2D eigenvalue weighted by atomic mass is 10.0. The number of nitro benzene ring substituents is 1. The van der Waals surface area contributed by atoms with Gasteiger partial charge >= 0.3 is 5.97 Å². The number of nitro groups is 1. The minimum Gasteiger partial charge on any atom is -0.493 e. The summed E-state index contributed by atoms with van der Waals surface area (Å²) < 4.78 is 15.1. The highest BCUT2D eigenvalue weighted by Gasteiger charge is 2.26. The number of carbonyl (C=O) groups excluding carboxylic acids is 2. The predicted octanol–water partition coefficient (Wildman–Crippen LogP) is 3.27. The third-order valence-electron chi connectivity index (χ3n) is 3.95. The van der Waals surface area contributed by atoms with Crippen molar-refractivity contribution in [2.45, 2.75) is 13.8 Å². The molecule has 0 atom stereocenters. The van der Waals surface area contributed by atoms with Gasteiger partial charge in [0.05, 0.1) is 25.2 Å². The molecule has 0 unspecified atom stereocenters. The molecule has 0 radical (unpaired) electrons. The lowest BCUT2D eigenvalue weighted by Gasteiger charge is -2.11. The Morgan fingerprint density at radius 3 is 2.22 bits per heavy atom. The summed E-state index contributed by atoms with van der Waals surface area (Å²) in [6.07, 6.45) is 0. The molecule has 0 aliphatic rings. The van der Waals surface area contributed by atoms with Gasteiger partial charge in [0, 0.05) is 11.6 Å². The summed E-state index contributed by atoms with van der Waals surface area (Å²) in [5, 5.41) is 11.3. The first-order valence-electron chi connectivity index (χ1n) is 7.96. The van der Waals surface area contributed by atoms with E-state index in [4.69, 9.17) is 14.2 Å². The van der Waals surface area contributed by atoms with Gasteiger partial charge < -0.3 is 14.2 Å². The third-order valence-corrected chi connectivity index (χ3v) is 3.95. The van der Waals surface area contributed by atoms with Crippen LogP contribution in [0.4, 0.5) is 5.69 Å². The summed E-state index contributed by atoms with van der Waals surface area (Å²) in [5.74, 6) is -1.16. The number of carbonyl (C=O) groups is 2. The molecule has 0 fully saturated rings. The van der Waals surface area contributed by atoms with Crippen molar-refractivity contribution in [3.8, 4) is 11.5 Å². The monoisotopic (exact) mass is 373 g/mol. The molecule has 8 heteroatoms. The van der Waals surface area contributed by atoms with Crippen LogP contribution >= 0.6 is 0 Å². The molecule has 2 aromatic carbocycles. The molecule has 8 nitrogen and oxygen atoms in total. The number of rotatable bonds is 7. The van der Waals surface area contributed by atoms with Crippen LogP contribution in [0.15, 0.2) is 30.3 Å². The molecule has 0 spiro atoms. The fraction of sp³-hybridized carbons (Fsp3) is 0.263. The van der Waals surface area contributed by atoms with Crippen molar-refractivity contribution in [1.82, 2.24) is 0 Å². The number of esters is 1. The van der Waals surface area contributed by atoms with Crippen LogP contribution in [0.5, 0.6) is 11.5 Å². The van der Waals surface area contributed by atoms with Crippen molar-refractivity contribution in [2.75, 3.05) is 20.8 Å². The van der Waals surface area contributed by atoms with Gasteiger partial charge in [0.25, 0.3) is 5.69 Å². The molecule has 0 heterocycles. The standard InChI is InChI=1S/C19H19NO7/c1-11-5-6-12(2)13(7-11)16(21)10-27-19(22)14-8-17(25-3)18(26-4)9-15(14)20(23)24/h5-9H,10H2,1-4H3. The molecule has 0 bridgehead atoms. The summed E-state index contributed by atoms with van der Waals surface area (Å²) >= 11 is 0. The van der Waals surface area contributed by atoms with Gasteiger partial charge in [-0.2, -0.15) is 0 Å². The number of aryl methyl sites for hydroxylation is 2. The van der Waals surface area contributed by atoms with E-state index in [1.807, 2.05) is 13.0 Å². The Bertz CT molecular complexity index is 905. The molecule has 2 rings (SSSR count). The average molecular weight is 373 g/mol. The number of hydrogen-bond donors (Lipinski definition) is 0. The zero-order valence-corrected chi connectivity index (χ0v) is 15.4. The van der Waals surface area contributed by atoms with Crippen LogP contribution in [0, 0.1) is 24.0 Å². The van der Waals surface area contributed by atoms with E-state index < -0.39 is 29.0 Å². The quantitative estimate of drug-likeness (QED) is 0.317. The molecule has 142 valence electrons. The number of ketones is 1. The lowest BCUT2D eigenvalue weighted by molar-refractivity contribution is -0.385. The fourth-order valence-electron chi connectivity index (χ4n) is 2.51. The van der Waals surface area contributed by atoms with E-state index in [9.17, 15) is 19.7 Å². The van der Waals surface area contributed by atoms with Gasteiger partial charge in [0.1, 0.15) is 5.56 Å². The Labute approximate surface area is 155 Å². The molecule has 27 heavy (non-hydrogen) atoms. The second kappa shape index (κ2) is 8.31. The largest absolute Gasteiger partial charge is 0.493 e. The molecule has 0 saturated carbocycles. The van der Waals surface area contributed by atoms with Gasteiger partial charge in [-0.05, 0) is 25.5 Å². The van der Waals surface area contributed by atoms with Crippen LogP contribution in [-0.2, 0) is 4.74 Å². The van der Waals surface area contributed by atoms with Crippen LogP contribution in [0.3, 0.4) is 0 Å². The molecule has 0 saturated heterocycles. The molecule has 0 amide bonds. The molecule has 0 aromatic heterocycles. The van der Waals surface area contributed by atoms with Crippen LogP contribution in [0.1, 0.15) is 31.8 Å². The first-order valence-corrected chi connectivity index (χ1v) is 7.96. The molecular formula is C19H19NO7. The zero-order valence-electron chi connectivity index (χ0n) is 15.4. The maximum atomic E-state index is 12.4. The highest BCUT2D eigenvalue weighted by Crippen LogP contribution is 2.34. The van der Waals surface area contributed by atoms with Gasteiger partial charge in [0.15, 0.2) is 18.1 Å². The van der Waals surface area contributed by atoms with E-state index in [0.29, 0.717) is 5.56 Å². The predicted molar refractivity (Wildman–Crippen MR) is 96.7 cm³/mol. The SMILES string of the molecule is COc1cc(C(=O)OCC(=O)c2cc(C)ccc2C)c([N+](=O)[O-])cc1OC. The van der Waals surface area contributed by atoms with Crippen LogP contribution in [0.2, 0.25) is 0 Å². The van der Waals surface area contributed by atoms with E-state index >= 15 is 0 Å². The van der Waals surface area contributed by atoms with E-state index in [2.05, 4.69) is 0 Å². The topological polar surface area (TPSA) is 105 Å². The minimum absolute atomic E-state index is 0.104. The van der Waals surface area contributed by atoms with E-state index in [-0.39, 0.29) is 17.1 Å². The first-order chi connectivity index (χ1) is 12.8. The molecule has 0 N–H and O–H groups in total.